The fourth-order valence-electron chi connectivity index (χ4n) is 2.54. The molecule has 1 amide bonds. The van der Waals surface area contributed by atoms with E-state index in [4.69, 9.17) is 5.11 Å². The van der Waals surface area contributed by atoms with Crippen LogP contribution in [0.1, 0.15) is 25.7 Å². The number of hydrogen-bond donors (Lipinski definition) is 1. The maximum Gasteiger partial charge on any atom is 0.326 e. The van der Waals surface area contributed by atoms with Crippen molar-refractivity contribution in [3.8, 4) is 0 Å². The van der Waals surface area contributed by atoms with Gasteiger partial charge in [-0.15, -0.1) is 0 Å². The number of amides is 1. The Balaban J connectivity index is 1.90. The molecule has 0 saturated carbocycles. The Morgan fingerprint density at radius 3 is 2.44 bits per heavy atom. The summed E-state index contributed by atoms with van der Waals surface area (Å²) in [6.07, 6.45) is 3.70. The summed E-state index contributed by atoms with van der Waals surface area (Å²) in [4.78, 5) is 26.5. The van der Waals surface area contributed by atoms with Gasteiger partial charge in [-0.3, -0.25) is 9.69 Å². The van der Waals surface area contributed by atoms with E-state index >= 15 is 0 Å². The summed E-state index contributed by atoms with van der Waals surface area (Å²) >= 11 is 0. The zero-order chi connectivity index (χ0) is 11.5. The number of aliphatic carboxylic acids is 1. The fourth-order valence-corrected chi connectivity index (χ4v) is 2.54. The smallest absolute Gasteiger partial charge is 0.326 e. The highest BCUT2D eigenvalue weighted by atomic mass is 16.4. The molecule has 0 bridgehead atoms. The first-order valence-corrected chi connectivity index (χ1v) is 5.93. The lowest BCUT2D eigenvalue weighted by Crippen LogP contribution is -2.45. The number of likely N-dealkylation sites (tertiary alicyclic amines) is 2. The average Bonchev–Trinajstić information content (AvgIpc) is 2.86. The Morgan fingerprint density at radius 1 is 1.12 bits per heavy atom. The molecule has 0 spiro atoms. The molecule has 0 aromatic heterocycles. The van der Waals surface area contributed by atoms with Crippen LogP contribution < -0.4 is 0 Å². The van der Waals surface area contributed by atoms with Gasteiger partial charge in [0.2, 0.25) is 5.91 Å². The minimum Gasteiger partial charge on any atom is -0.480 e. The van der Waals surface area contributed by atoms with Crippen LogP contribution in [-0.4, -0.2) is 59.0 Å². The molecule has 1 unspecified atom stereocenters. The summed E-state index contributed by atoms with van der Waals surface area (Å²) in [6.45, 7) is 2.93. The van der Waals surface area contributed by atoms with E-state index in [2.05, 4.69) is 4.90 Å². The molecule has 90 valence electrons. The van der Waals surface area contributed by atoms with E-state index < -0.39 is 12.0 Å². The molecule has 0 aliphatic carbocycles. The lowest BCUT2D eigenvalue weighted by molar-refractivity contribution is -0.148. The van der Waals surface area contributed by atoms with Crippen LogP contribution >= 0.6 is 0 Å². The number of hydrogen-bond acceptors (Lipinski definition) is 3. The molecule has 2 fully saturated rings. The van der Waals surface area contributed by atoms with Gasteiger partial charge in [-0.1, -0.05) is 0 Å². The van der Waals surface area contributed by atoms with Gasteiger partial charge in [0.25, 0.3) is 0 Å². The van der Waals surface area contributed by atoms with Crippen molar-refractivity contribution in [3.05, 3.63) is 0 Å². The molecule has 0 aromatic carbocycles. The van der Waals surface area contributed by atoms with Crippen molar-refractivity contribution in [1.29, 1.82) is 0 Å². The van der Waals surface area contributed by atoms with Crippen molar-refractivity contribution < 1.29 is 14.7 Å². The highest BCUT2D eigenvalue weighted by molar-refractivity contribution is 5.85. The Labute approximate surface area is 95.0 Å². The third kappa shape index (κ3) is 2.35. The second kappa shape index (κ2) is 4.82. The molecule has 2 saturated heterocycles. The van der Waals surface area contributed by atoms with Gasteiger partial charge in [0.15, 0.2) is 0 Å². The van der Waals surface area contributed by atoms with Crippen molar-refractivity contribution in [2.45, 2.75) is 31.7 Å². The van der Waals surface area contributed by atoms with E-state index in [1.54, 1.807) is 0 Å². The second-order valence-corrected chi connectivity index (χ2v) is 4.57. The van der Waals surface area contributed by atoms with Crippen LogP contribution in [0.5, 0.6) is 0 Å². The second-order valence-electron chi connectivity index (χ2n) is 4.57. The van der Waals surface area contributed by atoms with E-state index in [0.717, 1.165) is 32.4 Å². The lowest BCUT2D eigenvalue weighted by Gasteiger charge is -2.24. The van der Waals surface area contributed by atoms with Crippen LogP contribution in [0.3, 0.4) is 0 Å². The minimum atomic E-state index is -0.868. The van der Waals surface area contributed by atoms with Gasteiger partial charge >= 0.3 is 5.97 Å². The average molecular weight is 226 g/mol. The summed E-state index contributed by atoms with van der Waals surface area (Å²) in [5.74, 6) is -0.890. The zero-order valence-electron chi connectivity index (χ0n) is 9.39. The fraction of sp³-hybridized carbons (Fsp3) is 0.818. The summed E-state index contributed by atoms with van der Waals surface area (Å²) in [5, 5.41) is 8.99. The molecule has 2 aliphatic heterocycles. The molecule has 1 N–H and O–H groups in total. The van der Waals surface area contributed by atoms with Gasteiger partial charge in [-0.25, -0.2) is 4.79 Å². The summed E-state index contributed by atoms with van der Waals surface area (Å²) in [5.41, 5.74) is 0. The summed E-state index contributed by atoms with van der Waals surface area (Å²) < 4.78 is 0. The number of carboxylic acids is 1. The zero-order valence-corrected chi connectivity index (χ0v) is 9.39. The summed E-state index contributed by atoms with van der Waals surface area (Å²) in [7, 11) is 0. The van der Waals surface area contributed by atoms with Crippen molar-refractivity contribution in [2.24, 2.45) is 0 Å². The van der Waals surface area contributed by atoms with E-state index in [0.29, 0.717) is 19.5 Å². The normalized spacial score (nSPS) is 26.2. The number of carbonyl (C=O) groups is 2. The van der Waals surface area contributed by atoms with Gasteiger partial charge in [-0.05, 0) is 38.8 Å². The topological polar surface area (TPSA) is 60.9 Å². The third-order valence-corrected chi connectivity index (χ3v) is 3.42. The number of rotatable bonds is 3. The monoisotopic (exact) mass is 226 g/mol. The van der Waals surface area contributed by atoms with Crippen LogP contribution in [0, 0.1) is 0 Å². The predicted octanol–water partition coefficient (Wildman–Crippen LogP) is 0.158. The van der Waals surface area contributed by atoms with Gasteiger partial charge in [0.05, 0.1) is 6.54 Å². The lowest BCUT2D eigenvalue weighted by atomic mass is 10.2. The highest BCUT2D eigenvalue weighted by Gasteiger charge is 2.34. The SMILES string of the molecule is O=C(O)C1CCCN1C(=O)CN1CCCC1. The van der Waals surface area contributed by atoms with E-state index in [9.17, 15) is 9.59 Å². The van der Waals surface area contributed by atoms with Crippen LogP contribution in [0.2, 0.25) is 0 Å². The van der Waals surface area contributed by atoms with Gasteiger partial charge < -0.3 is 10.0 Å². The van der Waals surface area contributed by atoms with E-state index in [1.807, 2.05) is 0 Å². The maximum absolute atomic E-state index is 11.9. The van der Waals surface area contributed by atoms with Crippen molar-refractivity contribution in [2.75, 3.05) is 26.2 Å². The van der Waals surface area contributed by atoms with Crippen LogP contribution in [0.25, 0.3) is 0 Å². The van der Waals surface area contributed by atoms with Crippen LogP contribution in [-0.2, 0) is 9.59 Å². The summed E-state index contributed by atoms with van der Waals surface area (Å²) in [6, 6.07) is -0.588. The molecule has 2 heterocycles. The Morgan fingerprint density at radius 2 is 1.81 bits per heavy atom. The van der Waals surface area contributed by atoms with Gasteiger partial charge in [0.1, 0.15) is 6.04 Å². The first-order valence-electron chi connectivity index (χ1n) is 5.93. The first kappa shape index (κ1) is 11.4. The maximum atomic E-state index is 11.9. The molecule has 2 rings (SSSR count). The van der Waals surface area contributed by atoms with E-state index in [1.165, 1.54) is 4.90 Å². The molecule has 1 atom stereocenters. The quantitative estimate of drug-likeness (QED) is 0.744. The molecule has 5 heteroatoms. The highest BCUT2D eigenvalue weighted by Crippen LogP contribution is 2.18. The molecular formula is C11H18N2O3. The van der Waals surface area contributed by atoms with Gasteiger partial charge in [0, 0.05) is 6.54 Å². The predicted molar refractivity (Wildman–Crippen MR) is 58.0 cm³/mol. The van der Waals surface area contributed by atoms with Crippen molar-refractivity contribution in [1.82, 2.24) is 9.80 Å². The molecule has 0 aromatic rings. The number of nitrogens with zero attached hydrogens (tertiary/aromatic N) is 2. The van der Waals surface area contributed by atoms with Crippen molar-refractivity contribution >= 4 is 11.9 Å². The Hall–Kier alpha value is -1.10. The van der Waals surface area contributed by atoms with Crippen LogP contribution in [0.15, 0.2) is 0 Å². The molecule has 5 nitrogen and oxygen atoms in total. The Kier molecular flexibility index (Phi) is 3.43. The minimum absolute atomic E-state index is 0.0215. The number of carboxylic acid groups (broad SMARTS) is 1. The Bertz CT molecular complexity index is 287. The van der Waals surface area contributed by atoms with Crippen molar-refractivity contribution in [3.63, 3.8) is 0 Å². The number of carbonyl (C=O) groups excluding carboxylic acids is 1. The molecular weight excluding hydrogens is 208 g/mol. The largest absolute Gasteiger partial charge is 0.480 e. The van der Waals surface area contributed by atoms with Crippen LogP contribution in [0.4, 0.5) is 0 Å². The molecule has 16 heavy (non-hydrogen) atoms. The molecule has 0 radical (unpaired) electrons. The van der Waals surface area contributed by atoms with Gasteiger partial charge in [-0.2, -0.15) is 0 Å². The molecule has 2 aliphatic rings. The third-order valence-electron chi connectivity index (χ3n) is 3.42. The standard InChI is InChI=1S/C11H18N2O3/c14-10(8-12-5-1-2-6-12)13-7-3-4-9(13)11(15)16/h9H,1-8H2,(H,15,16). The first-order chi connectivity index (χ1) is 7.68. The van der Waals surface area contributed by atoms with E-state index in [-0.39, 0.29) is 5.91 Å².